The molecule has 0 saturated carbocycles. The minimum absolute atomic E-state index is 0.207. The third kappa shape index (κ3) is 2.83. The number of nitrogens with two attached hydrogens (primary N) is 1. The lowest BCUT2D eigenvalue weighted by atomic mass is 9.92. The zero-order valence-corrected chi connectivity index (χ0v) is 11.3. The fourth-order valence-electron chi connectivity index (χ4n) is 1.50. The van der Waals surface area contributed by atoms with Crippen LogP contribution in [0.25, 0.3) is 5.69 Å². The highest BCUT2D eigenvalue weighted by molar-refractivity contribution is 5.95. The summed E-state index contributed by atoms with van der Waals surface area (Å²) < 4.78 is 15.3. The Balaban J connectivity index is 2.20. The highest BCUT2D eigenvalue weighted by Crippen LogP contribution is 2.20. The summed E-state index contributed by atoms with van der Waals surface area (Å²) >= 11 is 0. The smallest absolute Gasteiger partial charge is 0.231 e. The minimum Gasteiger partial charge on any atom is -0.329 e. The molecule has 7 heteroatoms. The van der Waals surface area contributed by atoms with Crippen LogP contribution in [0.15, 0.2) is 30.9 Å². The number of hydrogen-bond donors (Lipinski definition) is 2. The first-order valence-electron chi connectivity index (χ1n) is 6.10. The minimum atomic E-state index is -0.707. The first-order valence-corrected chi connectivity index (χ1v) is 6.10. The number of carbonyl (C=O) groups is 1. The molecular formula is C13H16FN5O. The third-order valence-electron chi connectivity index (χ3n) is 3.00. The van der Waals surface area contributed by atoms with Crippen LogP contribution < -0.4 is 11.1 Å². The quantitative estimate of drug-likeness (QED) is 0.882. The number of nitrogens with zero attached hydrogens (tertiary/aromatic N) is 3. The zero-order valence-electron chi connectivity index (χ0n) is 11.3. The Labute approximate surface area is 115 Å². The molecule has 1 aromatic carbocycles. The van der Waals surface area contributed by atoms with Crippen molar-refractivity contribution in [3.63, 3.8) is 0 Å². The average Bonchev–Trinajstić information content (AvgIpc) is 2.92. The van der Waals surface area contributed by atoms with Crippen molar-refractivity contribution in [2.45, 2.75) is 13.8 Å². The summed E-state index contributed by atoms with van der Waals surface area (Å²) in [6.45, 7) is 3.66. The Morgan fingerprint density at radius 3 is 2.80 bits per heavy atom. The van der Waals surface area contributed by atoms with Gasteiger partial charge in [-0.05, 0) is 32.0 Å². The number of amides is 1. The van der Waals surface area contributed by atoms with E-state index >= 15 is 0 Å². The second-order valence-electron chi connectivity index (χ2n) is 5.05. The molecule has 0 atom stereocenters. The molecule has 2 aromatic rings. The first-order chi connectivity index (χ1) is 9.44. The van der Waals surface area contributed by atoms with Crippen LogP contribution in [0.2, 0.25) is 0 Å². The molecule has 6 nitrogen and oxygen atoms in total. The molecule has 0 radical (unpaired) electrons. The van der Waals surface area contributed by atoms with E-state index in [0.717, 1.165) is 0 Å². The predicted octanol–water partition coefficient (Wildman–Crippen LogP) is 1.33. The van der Waals surface area contributed by atoms with Gasteiger partial charge in [-0.1, -0.05) is 0 Å². The van der Waals surface area contributed by atoms with E-state index in [2.05, 4.69) is 15.4 Å². The molecule has 106 valence electrons. The number of benzene rings is 1. The maximum Gasteiger partial charge on any atom is 0.231 e. The zero-order chi connectivity index (χ0) is 14.8. The Bertz CT molecular complexity index is 609. The van der Waals surface area contributed by atoms with Crippen molar-refractivity contribution in [2.24, 2.45) is 11.1 Å². The lowest BCUT2D eigenvalue weighted by Crippen LogP contribution is -2.37. The van der Waals surface area contributed by atoms with E-state index in [9.17, 15) is 9.18 Å². The van der Waals surface area contributed by atoms with E-state index in [1.165, 1.54) is 29.5 Å². The number of hydrogen-bond acceptors (Lipinski definition) is 4. The van der Waals surface area contributed by atoms with Crippen molar-refractivity contribution in [2.75, 3.05) is 11.9 Å². The van der Waals surface area contributed by atoms with Crippen LogP contribution in [0.4, 0.5) is 10.1 Å². The van der Waals surface area contributed by atoms with Gasteiger partial charge in [0.05, 0.1) is 5.41 Å². The van der Waals surface area contributed by atoms with Crippen LogP contribution >= 0.6 is 0 Å². The number of aromatic nitrogens is 3. The van der Waals surface area contributed by atoms with Gasteiger partial charge >= 0.3 is 0 Å². The Morgan fingerprint density at radius 1 is 1.50 bits per heavy atom. The van der Waals surface area contributed by atoms with Gasteiger partial charge in [-0.3, -0.25) is 4.79 Å². The van der Waals surface area contributed by atoms with Crippen LogP contribution in [-0.2, 0) is 4.79 Å². The van der Waals surface area contributed by atoms with Crippen molar-refractivity contribution in [3.8, 4) is 5.69 Å². The fraction of sp³-hybridized carbons (Fsp3) is 0.308. The second kappa shape index (κ2) is 5.38. The van der Waals surface area contributed by atoms with Crippen LogP contribution in [0.1, 0.15) is 13.8 Å². The lowest BCUT2D eigenvalue weighted by Gasteiger charge is -2.21. The van der Waals surface area contributed by atoms with Crippen molar-refractivity contribution in [1.29, 1.82) is 0 Å². The molecule has 0 bridgehead atoms. The number of anilines is 1. The van der Waals surface area contributed by atoms with E-state index in [0.29, 0.717) is 5.69 Å². The summed E-state index contributed by atoms with van der Waals surface area (Å²) in [4.78, 5) is 15.7. The normalized spacial score (nSPS) is 11.4. The molecule has 20 heavy (non-hydrogen) atoms. The lowest BCUT2D eigenvalue weighted by molar-refractivity contribution is -0.123. The molecule has 0 fully saturated rings. The number of nitrogens with one attached hydrogen (secondary N) is 1. The molecule has 0 saturated heterocycles. The molecular weight excluding hydrogens is 261 g/mol. The Kier molecular flexibility index (Phi) is 3.80. The van der Waals surface area contributed by atoms with E-state index in [1.807, 2.05) is 0 Å². The Morgan fingerprint density at radius 2 is 2.25 bits per heavy atom. The molecule has 0 spiro atoms. The van der Waals surface area contributed by atoms with E-state index in [1.54, 1.807) is 19.9 Å². The summed E-state index contributed by atoms with van der Waals surface area (Å²) in [5, 5.41) is 6.49. The van der Waals surface area contributed by atoms with Gasteiger partial charge in [0.1, 0.15) is 18.3 Å². The summed E-state index contributed by atoms with van der Waals surface area (Å²) in [6, 6.07) is 4.36. The number of carbonyl (C=O) groups excluding carboxylic acids is 1. The maximum absolute atomic E-state index is 14.0. The highest BCUT2D eigenvalue weighted by atomic mass is 19.1. The molecule has 0 aliphatic heterocycles. The molecule has 2 rings (SSSR count). The van der Waals surface area contributed by atoms with Crippen molar-refractivity contribution < 1.29 is 9.18 Å². The van der Waals surface area contributed by atoms with Crippen LogP contribution in [-0.4, -0.2) is 27.2 Å². The summed E-state index contributed by atoms with van der Waals surface area (Å²) in [7, 11) is 0. The van der Waals surface area contributed by atoms with Gasteiger partial charge in [0.25, 0.3) is 0 Å². The van der Waals surface area contributed by atoms with E-state index in [4.69, 9.17) is 5.73 Å². The average molecular weight is 277 g/mol. The topological polar surface area (TPSA) is 85.8 Å². The van der Waals surface area contributed by atoms with Gasteiger partial charge in [-0.2, -0.15) is 5.10 Å². The SMILES string of the molecule is CC(C)(CN)C(=O)Nc1ccc(-n2cncn2)c(F)c1. The first kappa shape index (κ1) is 14.1. The van der Waals surface area contributed by atoms with Gasteiger partial charge in [0, 0.05) is 12.2 Å². The van der Waals surface area contributed by atoms with Crippen molar-refractivity contribution >= 4 is 11.6 Å². The Hall–Kier alpha value is -2.28. The molecule has 1 aromatic heterocycles. The highest BCUT2D eigenvalue weighted by Gasteiger charge is 2.25. The molecule has 0 aliphatic carbocycles. The maximum atomic E-state index is 14.0. The van der Waals surface area contributed by atoms with Crippen LogP contribution in [0, 0.1) is 11.2 Å². The molecule has 0 unspecified atom stereocenters. The summed E-state index contributed by atoms with van der Waals surface area (Å²) in [5.41, 5.74) is 5.45. The third-order valence-corrected chi connectivity index (χ3v) is 3.00. The number of rotatable bonds is 4. The summed E-state index contributed by atoms with van der Waals surface area (Å²) in [6.07, 6.45) is 2.72. The molecule has 3 N–H and O–H groups in total. The monoisotopic (exact) mass is 277 g/mol. The van der Waals surface area contributed by atoms with Gasteiger partial charge in [0.15, 0.2) is 5.82 Å². The standard InChI is InChI=1S/C13H16FN5O/c1-13(2,6-15)12(20)18-9-3-4-11(10(14)5-9)19-8-16-7-17-19/h3-5,7-8H,6,15H2,1-2H3,(H,18,20). The number of halogens is 1. The van der Waals surface area contributed by atoms with Gasteiger partial charge in [-0.15, -0.1) is 0 Å². The van der Waals surface area contributed by atoms with Gasteiger partial charge in [-0.25, -0.2) is 14.1 Å². The van der Waals surface area contributed by atoms with Crippen LogP contribution in [0.3, 0.4) is 0 Å². The summed E-state index contributed by atoms with van der Waals surface area (Å²) in [5.74, 6) is -0.758. The van der Waals surface area contributed by atoms with E-state index < -0.39 is 11.2 Å². The predicted molar refractivity (Wildman–Crippen MR) is 72.8 cm³/mol. The fourth-order valence-corrected chi connectivity index (χ4v) is 1.50. The van der Waals surface area contributed by atoms with E-state index in [-0.39, 0.29) is 18.1 Å². The molecule has 1 amide bonds. The molecule has 0 aliphatic rings. The molecule has 1 heterocycles. The second-order valence-corrected chi connectivity index (χ2v) is 5.05. The van der Waals surface area contributed by atoms with Crippen LogP contribution in [0.5, 0.6) is 0 Å². The van der Waals surface area contributed by atoms with Crippen molar-refractivity contribution in [3.05, 3.63) is 36.7 Å². The van der Waals surface area contributed by atoms with Gasteiger partial charge in [0.2, 0.25) is 5.91 Å². The largest absolute Gasteiger partial charge is 0.329 e. The van der Waals surface area contributed by atoms with Gasteiger partial charge < -0.3 is 11.1 Å². The van der Waals surface area contributed by atoms with Crippen molar-refractivity contribution in [1.82, 2.24) is 14.8 Å².